The van der Waals surface area contributed by atoms with E-state index in [1.165, 1.54) is 0 Å². The molecule has 2 saturated heterocycles. The molecule has 0 saturated carbocycles. The number of ether oxygens (including phenoxy) is 2. The number of hydrogen-bond donors (Lipinski definition) is 0. The fourth-order valence-electron chi connectivity index (χ4n) is 4.26. The number of amides is 2. The number of halogens is 1. The summed E-state index contributed by atoms with van der Waals surface area (Å²) < 4.78 is 10.6. The molecular weight excluding hydrogens is 436 g/mol. The number of carbonyl (C=O) groups excluding carboxylic acids is 2. The summed E-state index contributed by atoms with van der Waals surface area (Å²) in [6, 6.07) is 12.3. The molecule has 0 atom stereocenters. The molecule has 8 heteroatoms. The zero-order valence-electron chi connectivity index (χ0n) is 17.6. The van der Waals surface area contributed by atoms with Crippen molar-refractivity contribution in [3.63, 3.8) is 0 Å². The van der Waals surface area contributed by atoms with E-state index in [0.717, 1.165) is 18.6 Å². The zero-order chi connectivity index (χ0) is 22.0. The van der Waals surface area contributed by atoms with Gasteiger partial charge in [-0.05, 0) is 43.2 Å². The number of carbonyl (C=O) groups is 2. The molecule has 6 nitrogen and oxygen atoms in total. The van der Waals surface area contributed by atoms with Crippen molar-refractivity contribution in [1.82, 2.24) is 9.80 Å². The minimum atomic E-state index is -0.276. The molecule has 2 fully saturated rings. The first-order valence-corrected chi connectivity index (χ1v) is 11.6. The van der Waals surface area contributed by atoms with Crippen molar-refractivity contribution in [1.29, 1.82) is 0 Å². The number of benzene rings is 2. The van der Waals surface area contributed by atoms with Gasteiger partial charge in [-0.1, -0.05) is 17.7 Å². The fourth-order valence-corrected chi connectivity index (χ4v) is 5.90. The second kappa shape index (κ2) is 9.01. The van der Waals surface area contributed by atoms with Crippen LogP contribution in [0.5, 0.6) is 11.5 Å². The predicted octanol–water partition coefficient (Wildman–Crippen LogP) is 4.18. The smallest absolute Gasteiger partial charge is 0.255 e. The average Bonchev–Trinajstić information content (AvgIpc) is 3.20. The number of piperidine rings is 1. The Morgan fingerprint density at radius 2 is 1.61 bits per heavy atom. The molecule has 2 amide bonds. The molecule has 0 aliphatic carbocycles. The lowest BCUT2D eigenvalue weighted by atomic mass is 10.00. The highest BCUT2D eigenvalue weighted by atomic mass is 35.5. The normalized spacial score (nSPS) is 17.6. The molecule has 1 spiro atoms. The lowest BCUT2D eigenvalue weighted by Gasteiger charge is -2.44. The Morgan fingerprint density at radius 3 is 2.23 bits per heavy atom. The van der Waals surface area contributed by atoms with Gasteiger partial charge in [-0.3, -0.25) is 9.59 Å². The van der Waals surface area contributed by atoms with Crippen LogP contribution in [0.2, 0.25) is 5.02 Å². The second-order valence-corrected chi connectivity index (χ2v) is 9.55. The highest BCUT2D eigenvalue weighted by molar-refractivity contribution is 8.00. The summed E-state index contributed by atoms with van der Waals surface area (Å²) in [4.78, 5) is 29.9. The summed E-state index contributed by atoms with van der Waals surface area (Å²) in [5.74, 6) is 2.02. The van der Waals surface area contributed by atoms with Crippen LogP contribution in [0.3, 0.4) is 0 Å². The summed E-state index contributed by atoms with van der Waals surface area (Å²) >= 11 is 7.91. The molecule has 164 valence electrons. The van der Waals surface area contributed by atoms with Crippen LogP contribution in [0.15, 0.2) is 42.5 Å². The average molecular weight is 461 g/mol. The van der Waals surface area contributed by atoms with Crippen molar-refractivity contribution in [2.75, 3.05) is 39.6 Å². The standard InChI is InChI=1S/C23H25ClN2O4S/c1-29-19-13-17(14-20(15-19)30-2)21(27)25-8-6-23(7-9-25)26(10-11-31-23)22(28)16-4-3-5-18(24)12-16/h3-5,12-15H,6-11H2,1-2H3. The first-order valence-electron chi connectivity index (χ1n) is 10.2. The maximum Gasteiger partial charge on any atom is 0.255 e. The molecule has 0 unspecified atom stereocenters. The van der Waals surface area contributed by atoms with E-state index < -0.39 is 0 Å². The SMILES string of the molecule is COc1cc(OC)cc(C(=O)N2CCC3(CC2)SCCN3C(=O)c2cccc(Cl)c2)c1. The first kappa shape index (κ1) is 21.8. The van der Waals surface area contributed by atoms with Crippen LogP contribution in [-0.4, -0.2) is 66.1 Å². The van der Waals surface area contributed by atoms with Gasteiger partial charge in [-0.25, -0.2) is 0 Å². The quantitative estimate of drug-likeness (QED) is 0.685. The Hall–Kier alpha value is -2.38. The van der Waals surface area contributed by atoms with E-state index in [2.05, 4.69) is 0 Å². The molecule has 2 heterocycles. The molecule has 2 aromatic carbocycles. The molecular formula is C23H25ClN2O4S. The van der Waals surface area contributed by atoms with Crippen LogP contribution in [0.1, 0.15) is 33.6 Å². The van der Waals surface area contributed by atoms with E-state index >= 15 is 0 Å². The molecule has 31 heavy (non-hydrogen) atoms. The van der Waals surface area contributed by atoms with Crippen LogP contribution >= 0.6 is 23.4 Å². The van der Waals surface area contributed by atoms with E-state index in [9.17, 15) is 9.59 Å². The maximum absolute atomic E-state index is 13.2. The first-order chi connectivity index (χ1) is 15.0. The van der Waals surface area contributed by atoms with Crippen molar-refractivity contribution >= 4 is 35.2 Å². The van der Waals surface area contributed by atoms with E-state index in [-0.39, 0.29) is 16.7 Å². The Bertz CT molecular complexity index is 969. The van der Waals surface area contributed by atoms with Gasteiger partial charge < -0.3 is 19.3 Å². The Morgan fingerprint density at radius 1 is 0.935 bits per heavy atom. The number of rotatable bonds is 4. The van der Waals surface area contributed by atoms with Crippen LogP contribution in [0.25, 0.3) is 0 Å². The molecule has 0 radical (unpaired) electrons. The second-order valence-electron chi connectivity index (χ2n) is 7.66. The minimum absolute atomic E-state index is 0.00445. The van der Waals surface area contributed by atoms with Crippen molar-refractivity contribution in [2.45, 2.75) is 17.7 Å². The lowest BCUT2D eigenvalue weighted by Crippen LogP contribution is -2.53. The molecule has 0 aromatic heterocycles. The van der Waals surface area contributed by atoms with Gasteiger partial charge in [0.2, 0.25) is 0 Å². The number of methoxy groups -OCH3 is 2. The topological polar surface area (TPSA) is 59.1 Å². The van der Waals surface area contributed by atoms with Gasteiger partial charge in [-0.2, -0.15) is 0 Å². The summed E-state index contributed by atoms with van der Waals surface area (Å²) in [5, 5.41) is 0.556. The van der Waals surface area contributed by atoms with Crippen LogP contribution < -0.4 is 9.47 Å². The molecule has 2 aliphatic rings. The Labute approximate surface area is 191 Å². The highest BCUT2D eigenvalue weighted by Gasteiger charge is 2.47. The summed E-state index contributed by atoms with van der Waals surface area (Å²) in [7, 11) is 3.13. The van der Waals surface area contributed by atoms with Gasteiger partial charge in [0.1, 0.15) is 11.5 Å². The van der Waals surface area contributed by atoms with Crippen LogP contribution in [0, 0.1) is 0 Å². The molecule has 2 aliphatic heterocycles. The van der Waals surface area contributed by atoms with Gasteiger partial charge in [0.25, 0.3) is 11.8 Å². The van der Waals surface area contributed by atoms with E-state index in [1.54, 1.807) is 56.7 Å². The van der Waals surface area contributed by atoms with Gasteiger partial charge in [0.05, 0.1) is 19.1 Å². The van der Waals surface area contributed by atoms with Crippen molar-refractivity contribution < 1.29 is 19.1 Å². The van der Waals surface area contributed by atoms with Gasteiger partial charge >= 0.3 is 0 Å². The summed E-state index contributed by atoms with van der Waals surface area (Å²) in [6.45, 7) is 1.88. The summed E-state index contributed by atoms with van der Waals surface area (Å²) in [6.07, 6.45) is 1.47. The van der Waals surface area contributed by atoms with E-state index in [0.29, 0.717) is 47.3 Å². The Balaban J connectivity index is 1.48. The Kier molecular flexibility index (Phi) is 6.34. The fraction of sp³-hybridized carbons (Fsp3) is 0.391. The third kappa shape index (κ3) is 4.34. The van der Waals surface area contributed by atoms with Gasteiger partial charge in [0.15, 0.2) is 0 Å². The monoisotopic (exact) mass is 460 g/mol. The molecule has 4 rings (SSSR count). The van der Waals surface area contributed by atoms with Crippen molar-refractivity contribution in [3.05, 3.63) is 58.6 Å². The van der Waals surface area contributed by atoms with Crippen molar-refractivity contribution in [2.24, 2.45) is 0 Å². The van der Waals surface area contributed by atoms with Gasteiger partial charge in [0, 0.05) is 47.6 Å². The molecule has 2 aromatic rings. The van der Waals surface area contributed by atoms with Crippen molar-refractivity contribution in [3.8, 4) is 11.5 Å². The van der Waals surface area contributed by atoms with E-state index in [4.69, 9.17) is 21.1 Å². The summed E-state index contributed by atoms with van der Waals surface area (Å²) in [5.41, 5.74) is 1.15. The number of thioether (sulfide) groups is 1. The van der Waals surface area contributed by atoms with E-state index in [1.807, 2.05) is 21.6 Å². The maximum atomic E-state index is 13.2. The third-order valence-corrected chi connectivity index (χ3v) is 7.71. The highest BCUT2D eigenvalue weighted by Crippen LogP contribution is 2.45. The third-order valence-electron chi connectivity index (χ3n) is 5.92. The number of likely N-dealkylation sites (tertiary alicyclic amines) is 1. The predicted molar refractivity (Wildman–Crippen MR) is 122 cm³/mol. The molecule has 0 N–H and O–H groups in total. The van der Waals surface area contributed by atoms with Crippen LogP contribution in [0.4, 0.5) is 0 Å². The van der Waals surface area contributed by atoms with Gasteiger partial charge in [-0.15, -0.1) is 11.8 Å². The minimum Gasteiger partial charge on any atom is -0.497 e. The zero-order valence-corrected chi connectivity index (χ0v) is 19.2. The van der Waals surface area contributed by atoms with Crippen LogP contribution in [-0.2, 0) is 0 Å². The number of hydrogen-bond acceptors (Lipinski definition) is 5. The lowest BCUT2D eigenvalue weighted by molar-refractivity contribution is 0.0497. The molecule has 0 bridgehead atoms. The largest absolute Gasteiger partial charge is 0.497 e. The number of nitrogens with zero attached hydrogens (tertiary/aromatic N) is 2.